The molecule has 1 fully saturated rings. The lowest BCUT2D eigenvalue weighted by atomic mass is 10.3. The van der Waals surface area contributed by atoms with E-state index in [-0.39, 0.29) is 21.5 Å². The molecule has 2 aromatic heterocycles. The van der Waals surface area contributed by atoms with Crippen LogP contribution in [0.3, 0.4) is 0 Å². The van der Waals surface area contributed by atoms with E-state index in [1.807, 2.05) is 4.90 Å². The number of nitrogens with zero attached hydrogens (tertiary/aromatic N) is 3. The molecule has 1 aliphatic rings. The van der Waals surface area contributed by atoms with Crippen LogP contribution in [-0.2, 0) is 17.1 Å². The number of likely N-dealkylation sites (tertiary alicyclic amines) is 1. The Morgan fingerprint density at radius 3 is 2.56 bits per heavy atom. The first kappa shape index (κ1) is 22.8. The van der Waals surface area contributed by atoms with Crippen LogP contribution in [0, 0.1) is 19.7 Å². The molecule has 4 rings (SSSR count). The molecular weight excluding hydrogens is 475 g/mol. The van der Waals surface area contributed by atoms with E-state index >= 15 is 0 Å². The first-order valence-electron chi connectivity index (χ1n) is 10.00. The van der Waals surface area contributed by atoms with Crippen LogP contribution in [0.2, 0.25) is 5.02 Å². The molecule has 11 heteroatoms. The maximum Gasteiger partial charge on any atom is 0.265 e. The third kappa shape index (κ3) is 4.14. The molecule has 0 bridgehead atoms. The van der Waals surface area contributed by atoms with Crippen molar-refractivity contribution in [3.63, 3.8) is 0 Å². The average Bonchev–Trinajstić information content (AvgIpc) is 3.45. The van der Waals surface area contributed by atoms with Gasteiger partial charge in [-0.3, -0.25) is 9.52 Å². The highest BCUT2D eigenvalue weighted by molar-refractivity contribution is 7.92. The molecule has 1 aliphatic heterocycles. The monoisotopic (exact) mass is 496 g/mol. The number of hydrogen-bond donors (Lipinski definition) is 1. The molecular formula is C21H22ClFN4O3S2. The van der Waals surface area contributed by atoms with Gasteiger partial charge in [0.25, 0.3) is 15.9 Å². The van der Waals surface area contributed by atoms with Gasteiger partial charge < -0.3 is 9.47 Å². The van der Waals surface area contributed by atoms with Gasteiger partial charge in [-0.25, -0.2) is 17.8 Å². The molecule has 0 radical (unpaired) electrons. The number of thiazole rings is 1. The van der Waals surface area contributed by atoms with Gasteiger partial charge in [0, 0.05) is 25.8 Å². The Labute approximate surface area is 194 Å². The minimum atomic E-state index is -3.97. The number of rotatable bonds is 5. The van der Waals surface area contributed by atoms with E-state index in [4.69, 9.17) is 11.6 Å². The zero-order valence-corrected chi connectivity index (χ0v) is 20.2. The van der Waals surface area contributed by atoms with Crippen molar-refractivity contribution in [1.82, 2.24) is 14.5 Å². The van der Waals surface area contributed by atoms with Crippen molar-refractivity contribution in [1.29, 1.82) is 0 Å². The van der Waals surface area contributed by atoms with Crippen molar-refractivity contribution < 1.29 is 17.6 Å². The molecule has 1 N–H and O–H groups in total. The fraction of sp³-hybridized carbons (Fsp3) is 0.333. The average molecular weight is 497 g/mol. The van der Waals surface area contributed by atoms with Crippen molar-refractivity contribution >= 4 is 44.6 Å². The summed E-state index contributed by atoms with van der Waals surface area (Å²) in [6.07, 6.45) is 2.00. The largest absolute Gasteiger partial charge is 0.345 e. The summed E-state index contributed by atoms with van der Waals surface area (Å²) in [5.41, 5.74) is 1.88. The lowest BCUT2D eigenvalue weighted by Crippen LogP contribution is -2.27. The number of aryl methyl sites for hydroxylation is 1. The van der Waals surface area contributed by atoms with Gasteiger partial charge >= 0.3 is 0 Å². The molecule has 7 nitrogen and oxygen atoms in total. The second kappa shape index (κ2) is 8.49. The van der Waals surface area contributed by atoms with Crippen molar-refractivity contribution in [3.8, 4) is 10.7 Å². The highest BCUT2D eigenvalue weighted by Crippen LogP contribution is 2.34. The van der Waals surface area contributed by atoms with E-state index in [1.165, 1.54) is 29.5 Å². The number of nitrogens with one attached hydrogen (secondary N) is 1. The quantitative estimate of drug-likeness (QED) is 0.559. The standard InChI is InChI=1S/C21H22ClFN4O3S2/c1-12-19(21(28)27-8-4-5-9-27)31-20(24-12)17-11-18(13(2)26(17)3)32(29,30)25-14-6-7-16(23)15(22)10-14/h6-7,10-11,25H,4-5,8-9H2,1-3H3. The van der Waals surface area contributed by atoms with Gasteiger partial charge in [0.05, 0.1) is 22.1 Å². The molecule has 170 valence electrons. The molecule has 3 heterocycles. The number of anilines is 1. The van der Waals surface area contributed by atoms with Crippen LogP contribution in [0.4, 0.5) is 10.1 Å². The summed E-state index contributed by atoms with van der Waals surface area (Å²) in [5, 5.41) is 0.394. The number of hydrogen-bond acceptors (Lipinski definition) is 5. The van der Waals surface area contributed by atoms with Gasteiger partial charge in [0.15, 0.2) is 0 Å². The fourth-order valence-corrected chi connectivity index (χ4v) is 6.29. The Balaban J connectivity index is 1.67. The molecule has 1 aromatic carbocycles. The molecule has 0 aliphatic carbocycles. The molecule has 0 unspecified atom stereocenters. The summed E-state index contributed by atoms with van der Waals surface area (Å²) >= 11 is 7.03. The minimum Gasteiger partial charge on any atom is -0.345 e. The van der Waals surface area contributed by atoms with E-state index in [2.05, 4.69) is 9.71 Å². The molecule has 0 atom stereocenters. The Bertz CT molecular complexity index is 1310. The van der Waals surface area contributed by atoms with Gasteiger partial charge in [-0.15, -0.1) is 11.3 Å². The fourth-order valence-electron chi connectivity index (χ4n) is 3.69. The lowest BCUT2D eigenvalue weighted by Gasteiger charge is -2.13. The van der Waals surface area contributed by atoms with Crippen LogP contribution in [0.5, 0.6) is 0 Å². The predicted octanol–water partition coefficient (Wildman–Crippen LogP) is 4.59. The summed E-state index contributed by atoms with van der Waals surface area (Å²) in [6.45, 7) is 4.97. The van der Waals surface area contributed by atoms with Gasteiger partial charge in [-0.1, -0.05) is 11.6 Å². The smallest absolute Gasteiger partial charge is 0.265 e. The topological polar surface area (TPSA) is 84.3 Å². The van der Waals surface area contributed by atoms with Crippen LogP contribution >= 0.6 is 22.9 Å². The Hall–Kier alpha value is -2.43. The van der Waals surface area contributed by atoms with Crippen LogP contribution in [0.1, 0.15) is 33.9 Å². The minimum absolute atomic E-state index is 0.0302. The Kier molecular flexibility index (Phi) is 6.04. The van der Waals surface area contributed by atoms with E-state index < -0.39 is 15.8 Å². The Morgan fingerprint density at radius 1 is 1.22 bits per heavy atom. The lowest BCUT2D eigenvalue weighted by molar-refractivity contribution is 0.0796. The highest BCUT2D eigenvalue weighted by Gasteiger charge is 2.27. The molecule has 0 saturated carbocycles. The molecule has 3 aromatic rings. The van der Waals surface area contributed by atoms with Crippen LogP contribution in [0.15, 0.2) is 29.2 Å². The second-order valence-electron chi connectivity index (χ2n) is 7.71. The normalized spacial score (nSPS) is 14.2. The number of benzene rings is 1. The SMILES string of the molecule is Cc1nc(-c2cc(S(=O)(=O)Nc3ccc(F)c(Cl)c3)c(C)n2C)sc1C(=O)N1CCCC1. The first-order chi connectivity index (χ1) is 15.1. The summed E-state index contributed by atoms with van der Waals surface area (Å²) in [4.78, 5) is 19.8. The predicted molar refractivity (Wildman–Crippen MR) is 123 cm³/mol. The number of amides is 1. The summed E-state index contributed by atoms with van der Waals surface area (Å²) < 4.78 is 43.6. The summed E-state index contributed by atoms with van der Waals surface area (Å²) in [7, 11) is -2.22. The van der Waals surface area contributed by atoms with Crippen LogP contribution in [-0.4, -0.2) is 41.9 Å². The highest BCUT2D eigenvalue weighted by atomic mass is 35.5. The van der Waals surface area contributed by atoms with E-state index in [1.54, 1.807) is 25.5 Å². The van der Waals surface area contributed by atoms with Gasteiger partial charge in [0.1, 0.15) is 20.6 Å². The zero-order valence-electron chi connectivity index (χ0n) is 17.8. The molecule has 1 saturated heterocycles. The molecule has 32 heavy (non-hydrogen) atoms. The van der Waals surface area contributed by atoms with E-state index in [0.717, 1.165) is 32.0 Å². The van der Waals surface area contributed by atoms with Gasteiger partial charge in [-0.2, -0.15) is 0 Å². The van der Waals surface area contributed by atoms with E-state index in [0.29, 0.717) is 27.0 Å². The Morgan fingerprint density at radius 2 is 1.91 bits per heavy atom. The number of halogens is 2. The number of sulfonamides is 1. The first-order valence-corrected chi connectivity index (χ1v) is 12.7. The maximum absolute atomic E-state index is 13.4. The number of carbonyl (C=O) groups is 1. The van der Waals surface area contributed by atoms with Crippen LogP contribution < -0.4 is 4.72 Å². The van der Waals surface area contributed by atoms with Crippen molar-refractivity contribution in [2.45, 2.75) is 31.6 Å². The summed E-state index contributed by atoms with van der Waals surface area (Å²) in [5.74, 6) is -0.663. The second-order valence-corrected chi connectivity index (χ2v) is 10.8. The summed E-state index contributed by atoms with van der Waals surface area (Å²) in [6, 6.07) is 5.15. The van der Waals surface area contributed by atoms with Crippen molar-refractivity contribution in [3.05, 3.63) is 51.4 Å². The zero-order chi connectivity index (χ0) is 23.2. The van der Waals surface area contributed by atoms with Crippen molar-refractivity contribution in [2.75, 3.05) is 17.8 Å². The van der Waals surface area contributed by atoms with Gasteiger partial charge in [0.2, 0.25) is 0 Å². The van der Waals surface area contributed by atoms with Crippen LogP contribution in [0.25, 0.3) is 10.7 Å². The number of carbonyl (C=O) groups excluding carboxylic acids is 1. The molecule has 1 amide bonds. The third-order valence-electron chi connectivity index (χ3n) is 5.55. The number of aromatic nitrogens is 2. The molecule has 0 spiro atoms. The van der Waals surface area contributed by atoms with Gasteiger partial charge in [-0.05, 0) is 51.0 Å². The van der Waals surface area contributed by atoms with Crippen molar-refractivity contribution in [2.24, 2.45) is 7.05 Å². The third-order valence-corrected chi connectivity index (χ3v) is 8.51. The maximum atomic E-state index is 13.4. The van der Waals surface area contributed by atoms with E-state index in [9.17, 15) is 17.6 Å².